The normalized spacial score (nSPS) is 23.2. The molecular formula is C66H104N18O12. The zero-order chi connectivity index (χ0) is 68.8. The minimum atomic E-state index is -1.69. The summed E-state index contributed by atoms with van der Waals surface area (Å²) in [4.78, 5) is 160. The van der Waals surface area contributed by atoms with E-state index in [-0.39, 0.29) is 112 Å². The first-order valence-corrected chi connectivity index (χ1v) is 34.9. The van der Waals surface area contributed by atoms with Gasteiger partial charge in [0.05, 0.1) is 31.1 Å². The van der Waals surface area contributed by atoms with E-state index >= 15 is 9.59 Å². The van der Waals surface area contributed by atoms with Crippen molar-refractivity contribution in [1.82, 2.24) is 77.6 Å². The quantitative estimate of drug-likeness (QED) is 0.0233. The molecule has 30 heteroatoms. The number of nitrogens with zero attached hydrogens (tertiary/aromatic N) is 5. The number of nitrogens with two attached hydrogens (primary N) is 2. The number of imidazole rings is 2. The van der Waals surface area contributed by atoms with Crippen LogP contribution in [0, 0.1) is 23.7 Å². The van der Waals surface area contributed by atoms with E-state index < -0.39 is 114 Å². The summed E-state index contributed by atoms with van der Waals surface area (Å²) in [6.07, 6.45) is 20.3. The summed E-state index contributed by atoms with van der Waals surface area (Å²) in [5.41, 5.74) is 13.0. The average Bonchev–Trinajstić information content (AvgIpc) is 1.65. The topological polar surface area (TPSA) is 446 Å². The molecule has 11 atom stereocenters. The van der Waals surface area contributed by atoms with Gasteiger partial charge in [0.25, 0.3) is 0 Å². The number of hydrogen-bond donors (Lipinski definition) is 15. The molecule has 5 heterocycles. The number of carbonyl (C=O) groups excluding carboxylic acids is 10. The lowest BCUT2D eigenvalue weighted by Gasteiger charge is -2.31. The third-order valence-corrected chi connectivity index (χ3v) is 19.6. The van der Waals surface area contributed by atoms with Crippen molar-refractivity contribution in [2.45, 2.75) is 248 Å². The van der Waals surface area contributed by atoms with Gasteiger partial charge in [-0.2, -0.15) is 0 Å². The van der Waals surface area contributed by atoms with Crippen molar-refractivity contribution in [1.29, 1.82) is 0 Å². The van der Waals surface area contributed by atoms with Crippen molar-refractivity contribution >= 4 is 65.0 Å². The van der Waals surface area contributed by atoms with E-state index in [1.165, 1.54) is 23.8 Å². The molecule has 0 aromatic carbocycles. The average molecular weight is 1340 g/mol. The standard InChI is InChI=1S/C66H104N18O12/c1-4-70-64(95)55-17-11-25-84(55)65(96)48(16-10-24-71-66(67)68)76-58(89)49(26-38(2)3)77-62(93)53(30-43-34-83(37-74-43)33-40-12-6-5-7-13-40)81-59(90)50(27-39-18-20-44(86)21-19-39)78-63(94)54(35-85)82-60(91)51(28-41-31-72-46-15-9-8-14-45(41)46)79-61(92)52(29-42-32-69-36-73-42)80-57(88)47-22-23-56(87)75-47/h31-32,34,36-40,44-55,72,85-86H,4-30,33,35H2,1-3H3,(H,69,73)(H,70,95)(H,75,87)(H,76,89)(H,77,93)(H,78,94)(H,79,92)(H,80,88)(H,81,90)(H,82,91)(H4,67,68,71). The van der Waals surface area contributed by atoms with Gasteiger partial charge >= 0.3 is 0 Å². The van der Waals surface area contributed by atoms with E-state index in [2.05, 4.69) is 73.1 Å². The number of guanidine groups is 1. The fraction of sp³-hybridized carbons (Fsp3) is 0.712. The second-order valence-electron chi connectivity index (χ2n) is 27.5. The van der Waals surface area contributed by atoms with Crippen LogP contribution >= 0.6 is 0 Å². The minimum Gasteiger partial charge on any atom is -0.394 e. The Morgan fingerprint density at radius 3 is 2.00 bits per heavy atom. The van der Waals surface area contributed by atoms with E-state index in [1.54, 1.807) is 13.3 Å². The van der Waals surface area contributed by atoms with Crippen LogP contribution in [-0.4, -0.2) is 192 Å². The molecule has 2 saturated heterocycles. The van der Waals surface area contributed by atoms with Gasteiger partial charge in [-0.25, -0.2) is 9.97 Å². The molecule has 3 saturated carbocycles. The van der Waals surface area contributed by atoms with Crippen molar-refractivity contribution in [2.24, 2.45) is 40.1 Å². The van der Waals surface area contributed by atoms with Crippen molar-refractivity contribution in [3.05, 3.63) is 48.2 Å². The van der Waals surface area contributed by atoms with Crippen LogP contribution in [0.2, 0.25) is 0 Å². The van der Waals surface area contributed by atoms with Gasteiger partial charge in [-0.1, -0.05) is 46.0 Å². The number of aromatic amines is 1. The molecule has 2 aromatic rings. The molecule has 2 aromatic heterocycles. The highest BCUT2D eigenvalue weighted by molar-refractivity contribution is 5.99. The van der Waals surface area contributed by atoms with Crippen molar-refractivity contribution in [3.63, 3.8) is 0 Å². The second-order valence-corrected chi connectivity index (χ2v) is 27.5. The second kappa shape index (κ2) is 36.3. The lowest BCUT2D eigenvalue weighted by atomic mass is 9.80. The number of aliphatic hydroxyl groups excluding tert-OH is 2. The fourth-order valence-electron chi connectivity index (χ4n) is 14.4. The number of amides is 10. The summed E-state index contributed by atoms with van der Waals surface area (Å²) in [5, 5.41) is 50.0. The van der Waals surface area contributed by atoms with Crippen LogP contribution in [0.3, 0.4) is 0 Å². The van der Waals surface area contributed by atoms with Gasteiger partial charge in [0.1, 0.15) is 54.4 Å². The molecule has 6 aliphatic rings. The molecule has 11 unspecified atom stereocenters. The number of hydrogen-bond acceptors (Lipinski definition) is 16. The van der Waals surface area contributed by atoms with E-state index in [4.69, 9.17) is 11.5 Å². The molecule has 0 bridgehead atoms. The lowest BCUT2D eigenvalue weighted by Crippen LogP contribution is -2.61. The van der Waals surface area contributed by atoms with Crippen LogP contribution in [0.25, 0.3) is 0 Å². The molecule has 5 fully saturated rings. The first-order chi connectivity index (χ1) is 46.1. The van der Waals surface area contributed by atoms with Gasteiger partial charge in [0, 0.05) is 75.5 Å². The molecule has 3 aliphatic carbocycles. The van der Waals surface area contributed by atoms with Gasteiger partial charge in [-0.3, -0.25) is 52.9 Å². The Morgan fingerprint density at radius 2 is 1.33 bits per heavy atom. The number of likely N-dealkylation sites (N-methyl/N-ethyl adjacent to an activating group) is 1. The highest BCUT2D eigenvalue weighted by Crippen LogP contribution is 2.36. The van der Waals surface area contributed by atoms with E-state index in [0.29, 0.717) is 68.9 Å². The maximum atomic E-state index is 15.2. The summed E-state index contributed by atoms with van der Waals surface area (Å²) in [5.74, 6) is -6.62. The minimum absolute atomic E-state index is 0.00688. The summed E-state index contributed by atoms with van der Waals surface area (Å²) < 4.78 is 1.96. The first kappa shape index (κ1) is 73.7. The smallest absolute Gasteiger partial charge is 0.245 e. The monoisotopic (exact) mass is 1340 g/mol. The Labute approximate surface area is 561 Å². The number of fused-ring (bicyclic) bond motifs is 1. The van der Waals surface area contributed by atoms with Gasteiger partial charge in [0.2, 0.25) is 59.1 Å². The predicted molar refractivity (Wildman–Crippen MR) is 354 cm³/mol. The van der Waals surface area contributed by atoms with Crippen molar-refractivity contribution in [3.8, 4) is 0 Å². The number of aliphatic imine (C=N–C) groups is 1. The molecule has 10 amide bonds. The summed E-state index contributed by atoms with van der Waals surface area (Å²) >= 11 is 0. The Balaban J connectivity index is 1.04. The van der Waals surface area contributed by atoms with Gasteiger partial charge in [-0.15, -0.1) is 0 Å². The molecule has 96 heavy (non-hydrogen) atoms. The van der Waals surface area contributed by atoms with Gasteiger partial charge < -0.3 is 89.3 Å². The molecule has 0 spiro atoms. The Bertz CT molecular complexity index is 3030. The van der Waals surface area contributed by atoms with Gasteiger partial charge in [0.15, 0.2) is 5.96 Å². The SMILES string of the molecule is CCNC(=O)C1CCCN1C(=O)C(CCCN=C(N)N)NC(=O)C(CC(C)C)NC(=O)C(Cc1cn(CC2CCCCC2)cn1)NC(=O)C(CC1CCC(O)CC1)NC(=O)C(CO)NC(=O)C(CC1=CNC2CCCCC12)NC(=O)C(Cc1cnc[nH]1)NC(=O)C1CCC(=O)N1. The maximum Gasteiger partial charge on any atom is 0.245 e. The number of aromatic nitrogens is 4. The number of aliphatic hydroxyl groups is 2. The number of H-pyrrole nitrogens is 1. The summed E-state index contributed by atoms with van der Waals surface area (Å²) in [6.45, 7) is 6.03. The van der Waals surface area contributed by atoms with E-state index in [0.717, 1.165) is 56.9 Å². The highest BCUT2D eigenvalue weighted by Gasteiger charge is 2.42. The van der Waals surface area contributed by atoms with Crippen LogP contribution in [-0.2, 0) is 67.3 Å². The number of likely N-dealkylation sites (tertiary alicyclic amines) is 1. The van der Waals surface area contributed by atoms with Gasteiger partial charge in [-0.05, 0) is 139 Å². The molecular weight excluding hydrogens is 1240 g/mol. The maximum absolute atomic E-state index is 15.2. The van der Waals surface area contributed by atoms with E-state index in [1.807, 2.05) is 30.8 Å². The van der Waals surface area contributed by atoms with Crippen LogP contribution < -0.4 is 64.6 Å². The van der Waals surface area contributed by atoms with Crippen molar-refractivity contribution in [2.75, 3.05) is 26.2 Å². The fourth-order valence-corrected chi connectivity index (χ4v) is 14.4. The Morgan fingerprint density at radius 1 is 0.698 bits per heavy atom. The molecule has 30 nitrogen and oxygen atoms in total. The summed E-state index contributed by atoms with van der Waals surface area (Å²) in [7, 11) is 0. The predicted octanol–water partition coefficient (Wildman–Crippen LogP) is -0.760. The third kappa shape index (κ3) is 21.7. The zero-order valence-corrected chi connectivity index (χ0v) is 55.9. The molecule has 530 valence electrons. The van der Waals surface area contributed by atoms with Crippen LogP contribution in [0.5, 0.6) is 0 Å². The largest absolute Gasteiger partial charge is 0.394 e. The Hall–Kier alpha value is -8.15. The van der Waals surface area contributed by atoms with Crippen LogP contribution in [0.15, 0.2) is 41.8 Å². The van der Waals surface area contributed by atoms with E-state index in [9.17, 15) is 48.6 Å². The Kier molecular flexibility index (Phi) is 27.8. The number of rotatable bonds is 34. The first-order valence-electron chi connectivity index (χ1n) is 34.9. The number of carbonyl (C=O) groups is 10. The third-order valence-electron chi connectivity index (χ3n) is 19.6. The zero-order valence-electron chi connectivity index (χ0n) is 55.9. The van der Waals surface area contributed by atoms with Crippen LogP contribution in [0.4, 0.5) is 0 Å². The molecule has 0 radical (unpaired) electrons. The molecule has 3 aliphatic heterocycles. The highest BCUT2D eigenvalue weighted by atomic mass is 16.3. The van der Waals surface area contributed by atoms with Crippen LogP contribution in [0.1, 0.15) is 173 Å². The lowest BCUT2D eigenvalue weighted by molar-refractivity contribution is -0.142. The molecule has 17 N–H and O–H groups in total. The molecule has 8 rings (SSSR count). The number of nitrogens with one attached hydrogen (secondary N) is 11. The van der Waals surface area contributed by atoms with Crippen molar-refractivity contribution < 1.29 is 58.2 Å². The summed E-state index contributed by atoms with van der Waals surface area (Å²) in [6, 6.07) is -11.1.